The molecule has 0 unspecified atom stereocenters. The SMILES string of the molecule is [2H]C([2H])([2H])C([2H])([2H])Oc1cccc(N)n1. The highest BCUT2D eigenvalue weighted by Crippen LogP contribution is 2.07. The molecule has 0 radical (unpaired) electrons. The molecule has 0 aromatic carbocycles. The van der Waals surface area contributed by atoms with Crippen LogP contribution in [-0.2, 0) is 0 Å². The van der Waals surface area contributed by atoms with E-state index >= 15 is 0 Å². The van der Waals surface area contributed by atoms with E-state index in [1.165, 1.54) is 18.2 Å². The molecule has 0 saturated heterocycles. The molecule has 1 heterocycles. The quantitative estimate of drug-likeness (QED) is 0.673. The summed E-state index contributed by atoms with van der Waals surface area (Å²) in [5.74, 6) is -0.0232. The molecule has 0 amide bonds. The van der Waals surface area contributed by atoms with Crippen molar-refractivity contribution in [2.75, 3.05) is 12.3 Å². The summed E-state index contributed by atoms with van der Waals surface area (Å²) in [6.07, 6.45) is 0. The minimum atomic E-state index is -2.88. The first-order valence-corrected chi connectivity index (χ1v) is 2.64. The molecule has 1 aromatic rings. The number of nitrogen functional groups attached to an aromatic ring is 1. The molecule has 0 aliphatic carbocycles. The van der Waals surface area contributed by atoms with Crippen LogP contribution < -0.4 is 10.5 Å². The molecular formula is C7H10N2O. The highest BCUT2D eigenvalue weighted by atomic mass is 16.5. The largest absolute Gasteiger partial charge is 0.478 e. The van der Waals surface area contributed by atoms with Crippen LogP contribution in [0, 0.1) is 0 Å². The topological polar surface area (TPSA) is 48.1 Å². The second-order valence-corrected chi connectivity index (χ2v) is 1.60. The van der Waals surface area contributed by atoms with E-state index in [2.05, 4.69) is 9.72 Å². The molecule has 0 saturated carbocycles. The monoisotopic (exact) mass is 143 g/mol. The number of hydrogen-bond acceptors (Lipinski definition) is 3. The van der Waals surface area contributed by atoms with Crippen LogP contribution in [0.3, 0.4) is 0 Å². The van der Waals surface area contributed by atoms with Crippen molar-refractivity contribution in [2.24, 2.45) is 0 Å². The van der Waals surface area contributed by atoms with E-state index in [-0.39, 0.29) is 11.7 Å². The number of ether oxygens (including phenoxy) is 1. The Morgan fingerprint density at radius 3 is 3.50 bits per heavy atom. The highest BCUT2D eigenvalue weighted by Gasteiger charge is 1.91. The highest BCUT2D eigenvalue weighted by molar-refractivity contribution is 5.30. The minimum absolute atomic E-state index is 0.133. The lowest BCUT2D eigenvalue weighted by Gasteiger charge is -2.00. The summed E-state index contributed by atoms with van der Waals surface area (Å²) >= 11 is 0. The molecule has 1 aromatic heterocycles. The maximum Gasteiger partial charge on any atom is 0.215 e. The standard InChI is InChI=1S/C7H10N2O/c1-2-10-7-5-3-4-6(8)9-7/h3-5H,2H2,1H3,(H2,8,9)/i1D3,2D2. The van der Waals surface area contributed by atoms with Gasteiger partial charge in [-0.3, -0.25) is 0 Å². The average molecular weight is 143 g/mol. The van der Waals surface area contributed by atoms with E-state index in [0.717, 1.165) is 0 Å². The van der Waals surface area contributed by atoms with Gasteiger partial charge in [-0.1, -0.05) is 6.07 Å². The van der Waals surface area contributed by atoms with Crippen molar-refractivity contribution in [1.82, 2.24) is 4.98 Å². The average Bonchev–Trinajstić information content (AvgIpc) is 2.00. The van der Waals surface area contributed by atoms with Crippen LogP contribution >= 0.6 is 0 Å². The van der Waals surface area contributed by atoms with Crippen molar-refractivity contribution in [3.63, 3.8) is 0 Å². The van der Waals surface area contributed by atoms with E-state index in [4.69, 9.17) is 12.6 Å². The number of nitrogens with zero attached hydrogens (tertiary/aromatic N) is 1. The molecule has 10 heavy (non-hydrogen) atoms. The van der Waals surface area contributed by atoms with Crippen LogP contribution in [-0.4, -0.2) is 11.5 Å². The molecule has 0 spiro atoms. The van der Waals surface area contributed by atoms with Crippen LogP contribution in [0.4, 0.5) is 5.82 Å². The van der Waals surface area contributed by atoms with Gasteiger partial charge in [-0.05, 0) is 12.9 Å². The Morgan fingerprint density at radius 2 is 2.80 bits per heavy atom. The van der Waals surface area contributed by atoms with Crippen molar-refractivity contribution in [2.45, 2.75) is 6.85 Å². The Labute approximate surface area is 66.9 Å². The van der Waals surface area contributed by atoms with Crippen molar-refractivity contribution in [3.05, 3.63) is 18.2 Å². The zero-order chi connectivity index (χ0) is 11.7. The first kappa shape index (κ1) is 2.78. The number of rotatable bonds is 2. The third-order valence-corrected chi connectivity index (χ3v) is 0.901. The van der Waals surface area contributed by atoms with E-state index in [9.17, 15) is 0 Å². The van der Waals surface area contributed by atoms with Gasteiger partial charge in [0.15, 0.2) is 0 Å². The number of nitrogens with two attached hydrogens (primary N) is 1. The molecule has 2 N–H and O–H groups in total. The fourth-order valence-corrected chi connectivity index (χ4v) is 0.540. The summed E-state index contributed by atoms with van der Waals surface area (Å²) in [7, 11) is 0. The van der Waals surface area contributed by atoms with Gasteiger partial charge in [-0.15, -0.1) is 0 Å². The van der Waals surface area contributed by atoms with Crippen LogP contribution in [0.25, 0.3) is 0 Å². The summed E-state index contributed by atoms with van der Waals surface area (Å²) in [6, 6.07) is 4.31. The smallest absolute Gasteiger partial charge is 0.215 e. The van der Waals surface area contributed by atoms with E-state index in [0.29, 0.717) is 0 Å². The molecule has 0 bridgehead atoms. The molecule has 0 aliphatic rings. The van der Waals surface area contributed by atoms with Crippen LogP contribution in [0.2, 0.25) is 0 Å². The number of anilines is 1. The maximum absolute atomic E-state index is 7.19. The van der Waals surface area contributed by atoms with E-state index in [1.54, 1.807) is 0 Å². The molecule has 0 atom stereocenters. The fourth-order valence-electron chi connectivity index (χ4n) is 0.540. The van der Waals surface area contributed by atoms with Gasteiger partial charge in [0.25, 0.3) is 0 Å². The van der Waals surface area contributed by atoms with Crippen molar-refractivity contribution < 1.29 is 11.6 Å². The van der Waals surface area contributed by atoms with Crippen molar-refractivity contribution in [1.29, 1.82) is 0 Å². The molecule has 0 fully saturated rings. The lowest BCUT2D eigenvalue weighted by Crippen LogP contribution is -1.96. The van der Waals surface area contributed by atoms with Crippen molar-refractivity contribution >= 4 is 5.82 Å². The van der Waals surface area contributed by atoms with Gasteiger partial charge >= 0.3 is 0 Å². The fraction of sp³-hybridized carbons (Fsp3) is 0.286. The number of hydrogen-bond donors (Lipinski definition) is 1. The Balaban J connectivity index is 2.87. The second kappa shape index (κ2) is 3.06. The summed E-state index contributed by atoms with van der Waals surface area (Å²) in [5.41, 5.74) is 5.33. The van der Waals surface area contributed by atoms with Gasteiger partial charge in [-0.25, -0.2) is 0 Å². The molecule has 54 valence electrons. The van der Waals surface area contributed by atoms with Gasteiger partial charge < -0.3 is 10.5 Å². The molecule has 3 nitrogen and oxygen atoms in total. The zero-order valence-electron chi connectivity index (χ0n) is 10.2. The normalized spacial score (nSPS) is 19.4. The maximum atomic E-state index is 7.19. The van der Waals surface area contributed by atoms with Crippen LogP contribution in [0.5, 0.6) is 5.88 Å². The van der Waals surface area contributed by atoms with E-state index in [1.807, 2.05) is 0 Å². The third-order valence-electron chi connectivity index (χ3n) is 0.901. The van der Waals surface area contributed by atoms with Crippen LogP contribution in [0.1, 0.15) is 13.7 Å². The van der Waals surface area contributed by atoms with Gasteiger partial charge in [0.05, 0.1) is 9.30 Å². The predicted octanol–water partition coefficient (Wildman–Crippen LogP) is 1.06. The summed E-state index contributed by atoms with van der Waals surface area (Å²) in [6.45, 7) is -5.66. The number of pyridine rings is 1. The van der Waals surface area contributed by atoms with Gasteiger partial charge in [0.2, 0.25) is 5.88 Å². The molecular weight excluding hydrogens is 128 g/mol. The lowest BCUT2D eigenvalue weighted by molar-refractivity contribution is 0.327. The summed E-state index contributed by atoms with van der Waals surface area (Å²) in [5, 5.41) is 0. The number of aromatic nitrogens is 1. The van der Waals surface area contributed by atoms with E-state index < -0.39 is 13.4 Å². The van der Waals surface area contributed by atoms with Gasteiger partial charge in [-0.2, -0.15) is 4.98 Å². The first-order chi connectivity index (χ1) is 6.72. The Morgan fingerprint density at radius 1 is 1.90 bits per heavy atom. The third kappa shape index (κ3) is 1.62. The molecule has 0 aliphatic heterocycles. The summed E-state index contributed by atoms with van der Waals surface area (Å²) < 4.78 is 39.7. The first-order valence-electron chi connectivity index (χ1n) is 5.14. The lowest BCUT2D eigenvalue weighted by atomic mass is 10.4. The summed E-state index contributed by atoms with van der Waals surface area (Å²) in [4.78, 5) is 3.64. The zero-order valence-corrected chi connectivity index (χ0v) is 5.16. The second-order valence-electron chi connectivity index (χ2n) is 1.60. The Kier molecular flexibility index (Phi) is 0.849. The van der Waals surface area contributed by atoms with Crippen molar-refractivity contribution in [3.8, 4) is 5.88 Å². The van der Waals surface area contributed by atoms with Crippen LogP contribution in [0.15, 0.2) is 18.2 Å². The Hall–Kier alpha value is -1.25. The molecule has 3 heteroatoms. The Bertz CT molecular complexity index is 351. The molecule has 1 rings (SSSR count). The van der Waals surface area contributed by atoms with Gasteiger partial charge in [0.1, 0.15) is 5.82 Å². The minimum Gasteiger partial charge on any atom is -0.478 e. The predicted molar refractivity (Wildman–Crippen MR) is 39.8 cm³/mol. The van der Waals surface area contributed by atoms with Gasteiger partial charge in [0, 0.05) is 10.2 Å².